The zero-order valence-corrected chi connectivity index (χ0v) is 16.9. The number of hydrogen-bond donors (Lipinski definition) is 3. The highest BCUT2D eigenvalue weighted by Crippen LogP contribution is 2.32. The normalized spacial score (nSPS) is 15.0. The van der Waals surface area contributed by atoms with Crippen LogP contribution in [-0.4, -0.2) is 47.8 Å². The van der Waals surface area contributed by atoms with Crippen LogP contribution in [0.5, 0.6) is 23.4 Å². The van der Waals surface area contributed by atoms with E-state index in [2.05, 4.69) is 30.0 Å². The van der Waals surface area contributed by atoms with Crippen LogP contribution in [0.1, 0.15) is 18.5 Å². The van der Waals surface area contributed by atoms with Crippen molar-refractivity contribution in [3.8, 4) is 23.4 Å². The van der Waals surface area contributed by atoms with Gasteiger partial charge in [-0.3, -0.25) is 4.98 Å². The summed E-state index contributed by atoms with van der Waals surface area (Å²) in [6.45, 7) is 0. The number of aromatic nitrogens is 6. The van der Waals surface area contributed by atoms with Gasteiger partial charge in [-0.2, -0.15) is 19.6 Å². The highest BCUT2D eigenvalue weighted by Gasteiger charge is 2.21. The maximum Gasteiger partial charge on any atom is 0.327 e. The second-order valence-corrected chi connectivity index (χ2v) is 7.32. The van der Waals surface area contributed by atoms with Gasteiger partial charge in [-0.15, -0.1) is 0 Å². The lowest BCUT2D eigenvalue weighted by molar-refractivity contribution is 0.366. The number of rotatable bonds is 5. The van der Waals surface area contributed by atoms with E-state index in [1.807, 2.05) is 0 Å². The number of benzene rings is 1. The number of methoxy groups -OCH3 is 1. The highest BCUT2D eigenvalue weighted by molar-refractivity contribution is 6.30. The van der Waals surface area contributed by atoms with Crippen LogP contribution >= 0.6 is 11.6 Å². The molecule has 0 radical (unpaired) electrons. The summed E-state index contributed by atoms with van der Waals surface area (Å²) >= 11 is 6.02. The first-order valence-corrected chi connectivity index (χ1v) is 9.72. The summed E-state index contributed by atoms with van der Waals surface area (Å²) in [4.78, 5) is 29.6. The first-order chi connectivity index (χ1) is 15.0. The maximum atomic E-state index is 11.4. The zero-order valence-electron chi connectivity index (χ0n) is 16.2. The van der Waals surface area contributed by atoms with Crippen molar-refractivity contribution in [3.05, 3.63) is 56.4 Å². The average molecular weight is 442 g/mol. The van der Waals surface area contributed by atoms with Crippen molar-refractivity contribution < 1.29 is 14.6 Å². The molecule has 158 valence electrons. The first kappa shape index (κ1) is 19.1. The van der Waals surface area contributed by atoms with Gasteiger partial charge in [0.05, 0.1) is 19.3 Å². The fraction of sp³-hybridized carbons (Fsp3) is 0.211. The molecule has 1 fully saturated rings. The quantitative estimate of drug-likeness (QED) is 0.417. The van der Waals surface area contributed by atoms with Crippen molar-refractivity contribution in [1.29, 1.82) is 0 Å². The molecule has 3 N–H and O–H groups in total. The Kier molecular flexibility index (Phi) is 4.59. The second-order valence-electron chi connectivity index (χ2n) is 6.88. The van der Waals surface area contributed by atoms with Crippen LogP contribution in [0.4, 0.5) is 0 Å². The predicted molar refractivity (Wildman–Crippen MR) is 109 cm³/mol. The minimum absolute atomic E-state index is 0.0365. The minimum atomic E-state index is -0.530. The molecule has 1 aromatic carbocycles. The Morgan fingerprint density at radius 2 is 2.13 bits per heavy atom. The van der Waals surface area contributed by atoms with Crippen LogP contribution in [0.15, 0.2) is 34.2 Å². The summed E-state index contributed by atoms with van der Waals surface area (Å²) < 4.78 is 12.7. The number of hydrogen-bond acceptors (Lipinski definition) is 8. The summed E-state index contributed by atoms with van der Waals surface area (Å²) in [6, 6.07) is 5.15. The van der Waals surface area contributed by atoms with Gasteiger partial charge in [0.15, 0.2) is 17.1 Å². The van der Waals surface area contributed by atoms with Crippen molar-refractivity contribution in [3.63, 3.8) is 0 Å². The molecule has 0 spiro atoms. The largest absolute Gasteiger partial charge is 0.493 e. The maximum absolute atomic E-state index is 11.4. The lowest BCUT2D eigenvalue weighted by Gasteiger charge is -2.09. The summed E-state index contributed by atoms with van der Waals surface area (Å²) in [6.07, 6.45) is 5.03. The molecule has 0 aliphatic heterocycles. The third-order valence-corrected chi connectivity index (χ3v) is 4.80. The molecule has 3 heterocycles. The molecule has 0 atom stereocenters. The van der Waals surface area contributed by atoms with Gasteiger partial charge < -0.3 is 19.6 Å². The number of fused-ring (bicyclic) bond motifs is 1. The molecular formula is C19H16ClN7O4. The second kappa shape index (κ2) is 7.43. The van der Waals surface area contributed by atoms with E-state index in [4.69, 9.17) is 21.1 Å². The smallest absolute Gasteiger partial charge is 0.327 e. The summed E-state index contributed by atoms with van der Waals surface area (Å²) in [5, 5.41) is 15.2. The van der Waals surface area contributed by atoms with Crippen molar-refractivity contribution in [2.24, 2.45) is 4.99 Å². The van der Waals surface area contributed by atoms with E-state index in [1.165, 1.54) is 23.9 Å². The molecule has 1 aliphatic carbocycles. The van der Waals surface area contributed by atoms with E-state index in [-0.39, 0.29) is 23.6 Å². The van der Waals surface area contributed by atoms with E-state index in [0.29, 0.717) is 33.0 Å². The fourth-order valence-corrected chi connectivity index (χ4v) is 3.09. The van der Waals surface area contributed by atoms with Crippen molar-refractivity contribution in [2.45, 2.75) is 18.9 Å². The number of aromatic amines is 2. The number of nitrogens with zero attached hydrogens (tertiary/aromatic N) is 5. The minimum Gasteiger partial charge on any atom is -0.493 e. The molecular weight excluding hydrogens is 426 g/mol. The Labute approximate surface area is 178 Å². The summed E-state index contributed by atoms with van der Waals surface area (Å²) in [7, 11) is 1.50. The van der Waals surface area contributed by atoms with Gasteiger partial charge >= 0.3 is 11.7 Å². The lowest BCUT2D eigenvalue weighted by atomic mass is 10.3. The Bertz CT molecular complexity index is 1470. The summed E-state index contributed by atoms with van der Waals surface area (Å²) in [5.74, 6) is 0.515. The number of halogens is 1. The van der Waals surface area contributed by atoms with Gasteiger partial charge in [0, 0.05) is 16.3 Å². The van der Waals surface area contributed by atoms with Gasteiger partial charge in [-0.1, -0.05) is 11.6 Å². The highest BCUT2D eigenvalue weighted by atomic mass is 35.5. The van der Waals surface area contributed by atoms with Crippen LogP contribution in [0.3, 0.4) is 0 Å². The number of imidazole rings is 1. The van der Waals surface area contributed by atoms with E-state index in [1.54, 1.807) is 18.2 Å². The molecule has 1 saturated carbocycles. The van der Waals surface area contributed by atoms with E-state index < -0.39 is 5.69 Å². The standard InChI is InChI=1S/C19H16ClN7O4/c1-30-14-7-10(20)2-5-13(14)31-19-24-15-9(6-12-16(28)25-18(29)23-12)8-21-27(15)17(26-19)22-11-3-4-11/h2,5-8,11,28H,3-4H2,1H3,(H2,23,25,29)/b9-6+,22-17?. The molecule has 0 unspecified atom stereocenters. The van der Waals surface area contributed by atoms with Crippen molar-refractivity contribution in [2.75, 3.05) is 7.11 Å². The zero-order chi connectivity index (χ0) is 21.5. The van der Waals surface area contributed by atoms with Crippen LogP contribution in [0.25, 0.3) is 11.7 Å². The Balaban J connectivity index is 1.68. The summed E-state index contributed by atoms with van der Waals surface area (Å²) in [5.41, 5.74) is 0.389. The van der Waals surface area contributed by atoms with E-state index >= 15 is 0 Å². The molecule has 0 saturated heterocycles. The monoisotopic (exact) mass is 441 g/mol. The van der Waals surface area contributed by atoms with Crippen molar-refractivity contribution >= 4 is 23.3 Å². The molecule has 0 amide bonds. The van der Waals surface area contributed by atoms with Crippen molar-refractivity contribution in [1.82, 2.24) is 29.5 Å². The molecule has 31 heavy (non-hydrogen) atoms. The Morgan fingerprint density at radius 3 is 2.84 bits per heavy atom. The topological polar surface area (TPSA) is 143 Å². The van der Waals surface area contributed by atoms with Gasteiger partial charge in [-0.25, -0.2) is 9.79 Å². The molecule has 4 aromatic rings. The Morgan fingerprint density at radius 1 is 1.29 bits per heavy atom. The number of ether oxygens (including phenoxy) is 2. The van der Waals surface area contributed by atoms with Crippen LogP contribution in [0, 0.1) is 0 Å². The van der Waals surface area contributed by atoms with Crippen LogP contribution in [0.2, 0.25) is 5.02 Å². The Hall–Kier alpha value is -3.86. The number of H-pyrrole nitrogens is 2. The van der Waals surface area contributed by atoms with Gasteiger partial charge in [0.1, 0.15) is 5.69 Å². The van der Waals surface area contributed by atoms with Crippen LogP contribution in [-0.2, 0) is 0 Å². The molecule has 3 aromatic heterocycles. The molecule has 5 rings (SSSR count). The lowest BCUT2D eigenvalue weighted by Crippen LogP contribution is -2.23. The fourth-order valence-electron chi connectivity index (χ4n) is 2.93. The third kappa shape index (κ3) is 3.82. The molecule has 11 nitrogen and oxygen atoms in total. The number of nitrogens with one attached hydrogen (secondary N) is 2. The van der Waals surface area contributed by atoms with Gasteiger partial charge in [0.2, 0.25) is 5.88 Å². The molecule has 0 bridgehead atoms. The number of aromatic hydroxyl groups is 1. The predicted octanol–water partition coefficient (Wildman–Crippen LogP) is 0.911. The van der Waals surface area contributed by atoms with E-state index in [0.717, 1.165) is 12.8 Å². The molecule has 1 aliphatic rings. The molecule has 12 heteroatoms. The van der Waals surface area contributed by atoms with E-state index in [9.17, 15) is 9.90 Å². The average Bonchev–Trinajstić information content (AvgIpc) is 3.38. The van der Waals surface area contributed by atoms with Crippen LogP contribution < -0.4 is 26.0 Å². The SMILES string of the molecule is COc1cc(Cl)ccc1Oc1nc(=NC2CC2)n2nc/c(=C\c3[nH]c(=O)[nH]c3O)c2n1. The third-order valence-electron chi connectivity index (χ3n) is 4.56. The first-order valence-electron chi connectivity index (χ1n) is 9.34. The van der Waals surface area contributed by atoms with Gasteiger partial charge in [-0.05, 0) is 31.1 Å². The van der Waals surface area contributed by atoms with Gasteiger partial charge in [0.25, 0.3) is 5.62 Å².